The van der Waals surface area contributed by atoms with Gasteiger partial charge in [-0.2, -0.15) is 0 Å². The monoisotopic (exact) mass is 354 g/mol. The average molecular weight is 356 g/mol. The molecule has 0 saturated carbocycles. The van der Waals surface area contributed by atoms with Crippen LogP contribution in [0.25, 0.3) is 0 Å². The third kappa shape index (κ3) is 2.51. The van der Waals surface area contributed by atoms with Crippen LogP contribution in [-0.4, -0.2) is 5.78 Å². The number of hydrogen-bond acceptors (Lipinski definition) is 2. The van der Waals surface area contributed by atoms with Gasteiger partial charge in [-0.15, -0.1) is 11.3 Å². The van der Waals surface area contributed by atoms with Crippen molar-refractivity contribution < 1.29 is 4.79 Å². The molecule has 0 bridgehead atoms. The quantitative estimate of drug-likeness (QED) is 0.653. The van der Waals surface area contributed by atoms with Crippen molar-refractivity contribution in [2.75, 3.05) is 0 Å². The van der Waals surface area contributed by atoms with Gasteiger partial charge >= 0.3 is 0 Å². The fourth-order valence-corrected chi connectivity index (χ4v) is 4.50. The Morgan fingerprint density at radius 3 is 3.00 bits per heavy atom. The van der Waals surface area contributed by atoms with Gasteiger partial charge in [0.25, 0.3) is 0 Å². The van der Waals surface area contributed by atoms with Gasteiger partial charge in [0, 0.05) is 25.9 Å². The summed E-state index contributed by atoms with van der Waals surface area (Å²) in [4.78, 5) is 14.1. The largest absolute Gasteiger partial charge is 0.293 e. The highest BCUT2D eigenvalue weighted by molar-refractivity contribution is 9.10. The highest BCUT2D eigenvalue weighted by Crippen LogP contribution is 2.38. The number of halogens is 2. The summed E-state index contributed by atoms with van der Waals surface area (Å²) in [6.45, 7) is 0. The van der Waals surface area contributed by atoms with Crippen molar-refractivity contribution in [3.05, 3.63) is 55.1 Å². The molecule has 0 spiro atoms. The van der Waals surface area contributed by atoms with Crippen molar-refractivity contribution in [2.45, 2.75) is 25.2 Å². The van der Waals surface area contributed by atoms with Crippen LogP contribution >= 0.6 is 38.9 Å². The maximum Gasteiger partial charge on any atom is 0.171 e. The van der Waals surface area contributed by atoms with Crippen LogP contribution in [0.4, 0.5) is 0 Å². The number of fused-ring (bicyclic) bond motifs is 1. The number of benzene rings is 1. The molecule has 1 aromatic carbocycles. The zero-order valence-electron chi connectivity index (χ0n) is 10.2. The van der Waals surface area contributed by atoms with Crippen LogP contribution in [0, 0.1) is 0 Å². The van der Waals surface area contributed by atoms with Gasteiger partial charge in [0.15, 0.2) is 5.78 Å². The van der Waals surface area contributed by atoms with Crippen molar-refractivity contribution in [3.63, 3.8) is 0 Å². The molecular weight excluding hydrogens is 344 g/mol. The van der Waals surface area contributed by atoms with E-state index in [-0.39, 0.29) is 11.7 Å². The number of carbonyl (C=O) groups excluding carboxylic acids is 1. The number of carbonyl (C=O) groups is 1. The first-order valence-corrected chi connectivity index (χ1v) is 8.27. The Kier molecular flexibility index (Phi) is 3.79. The molecule has 0 radical (unpaired) electrons. The molecule has 4 heteroatoms. The standard InChI is InChI=1S/C15H12BrClOS/c16-13-8-9(17)4-5-12(13)15(18)11-2-1-3-14-10(11)6-7-19-14/h4-8,11H,1-3H2. The minimum atomic E-state index is 0.00692. The second-order valence-electron chi connectivity index (χ2n) is 4.73. The highest BCUT2D eigenvalue weighted by Gasteiger charge is 2.28. The number of thiophene rings is 1. The first kappa shape index (κ1) is 13.3. The summed E-state index contributed by atoms with van der Waals surface area (Å²) in [6.07, 6.45) is 3.14. The van der Waals surface area contributed by atoms with Gasteiger partial charge in [-0.1, -0.05) is 11.6 Å². The first-order chi connectivity index (χ1) is 9.16. The van der Waals surface area contributed by atoms with Crippen LogP contribution < -0.4 is 0 Å². The lowest BCUT2D eigenvalue weighted by Gasteiger charge is -2.22. The third-order valence-corrected chi connectivity index (χ3v) is 5.45. The zero-order valence-corrected chi connectivity index (χ0v) is 13.3. The number of ketones is 1. The third-order valence-electron chi connectivity index (χ3n) is 3.57. The van der Waals surface area contributed by atoms with E-state index in [1.807, 2.05) is 6.07 Å². The molecule has 98 valence electrons. The smallest absolute Gasteiger partial charge is 0.171 e. The van der Waals surface area contributed by atoms with Gasteiger partial charge in [-0.05, 0) is 70.4 Å². The van der Waals surface area contributed by atoms with E-state index in [1.165, 1.54) is 10.4 Å². The van der Waals surface area contributed by atoms with E-state index in [2.05, 4.69) is 27.4 Å². The summed E-state index contributed by atoms with van der Waals surface area (Å²) in [5, 5.41) is 2.73. The van der Waals surface area contributed by atoms with Crippen molar-refractivity contribution in [2.24, 2.45) is 0 Å². The van der Waals surface area contributed by atoms with E-state index in [9.17, 15) is 4.79 Å². The Hall–Kier alpha value is -0.640. The predicted molar refractivity (Wildman–Crippen MR) is 83.5 cm³/mol. The lowest BCUT2D eigenvalue weighted by molar-refractivity contribution is 0.0950. The van der Waals surface area contributed by atoms with Gasteiger partial charge in [-0.25, -0.2) is 0 Å². The second-order valence-corrected chi connectivity index (χ2v) is 7.02. The van der Waals surface area contributed by atoms with E-state index in [0.29, 0.717) is 5.02 Å². The van der Waals surface area contributed by atoms with Gasteiger partial charge in [0.05, 0.1) is 0 Å². The average Bonchev–Trinajstić information content (AvgIpc) is 2.86. The maximum absolute atomic E-state index is 12.7. The number of aryl methyl sites for hydroxylation is 1. The Morgan fingerprint density at radius 2 is 2.21 bits per heavy atom. The molecule has 1 aliphatic carbocycles. The number of hydrogen-bond donors (Lipinski definition) is 0. The molecule has 1 aliphatic rings. The van der Waals surface area contributed by atoms with Crippen LogP contribution in [0.2, 0.25) is 5.02 Å². The molecule has 0 amide bonds. The summed E-state index contributed by atoms with van der Waals surface area (Å²) in [5.41, 5.74) is 1.96. The molecule has 0 fully saturated rings. The van der Waals surface area contributed by atoms with E-state index >= 15 is 0 Å². The second kappa shape index (κ2) is 5.39. The fraction of sp³-hybridized carbons (Fsp3) is 0.267. The lowest BCUT2D eigenvalue weighted by atomic mass is 9.82. The summed E-state index contributed by atoms with van der Waals surface area (Å²) in [7, 11) is 0. The number of Topliss-reactive ketones (excluding diaryl/α,β-unsaturated/α-hetero) is 1. The molecule has 19 heavy (non-hydrogen) atoms. The molecule has 0 N–H and O–H groups in total. The molecule has 0 aliphatic heterocycles. The molecule has 1 atom stereocenters. The predicted octanol–water partition coefficient (Wildman–Crippen LogP) is 5.47. The van der Waals surface area contributed by atoms with Crippen molar-refractivity contribution in [1.29, 1.82) is 0 Å². The van der Waals surface area contributed by atoms with Gasteiger partial charge in [-0.3, -0.25) is 4.79 Å². The van der Waals surface area contributed by atoms with Gasteiger partial charge in [0.2, 0.25) is 0 Å². The van der Waals surface area contributed by atoms with Crippen molar-refractivity contribution >= 4 is 44.7 Å². The maximum atomic E-state index is 12.7. The molecule has 1 aromatic heterocycles. The summed E-state index contributed by atoms with van der Waals surface area (Å²) in [5.74, 6) is 0.204. The number of rotatable bonds is 2. The van der Waals surface area contributed by atoms with Crippen molar-refractivity contribution in [3.8, 4) is 0 Å². The van der Waals surface area contributed by atoms with Crippen LogP contribution in [0.5, 0.6) is 0 Å². The van der Waals surface area contributed by atoms with E-state index in [4.69, 9.17) is 11.6 Å². The van der Waals surface area contributed by atoms with Crippen LogP contribution in [0.1, 0.15) is 39.6 Å². The first-order valence-electron chi connectivity index (χ1n) is 6.22. The normalized spacial score (nSPS) is 18.1. The van der Waals surface area contributed by atoms with E-state index < -0.39 is 0 Å². The Labute approximate surface area is 129 Å². The van der Waals surface area contributed by atoms with Gasteiger partial charge < -0.3 is 0 Å². The van der Waals surface area contributed by atoms with Crippen LogP contribution in [-0.2, 0) is 6.42 Å². The van der Waals surface area contributed by atoms with Crippen molar-refractivity contribution in [1.82, 2.24) is 0 Å². The summed E-state index contributed by atoms with van der Waals surface area (Å²) >= 11 is 11.1. The molecule has 1 unspecified atom stereocenters. The SMILES string of the molecule is O=C(c1ccc(Cl)cc1Br)C1CCCc2sccc21. The lowest BCUT2D eigenvalue weighted by Crippen LogP contribution is -2.17. The molecule has 2 aromatic rings. The Bertz CT molecular complexity index is 635. The topological polar surface area (TPSA) is 17.1 Å². The Balaban J connectivity index is 1.98. The molecule has 1 nitrogen and oxygen atoms in total. The molecule has 3 rings (SSSR count). The van der Waals surface area contributed by atoms with E-state index in [1.54, 1.807) is 23.5 Å². The fourth-order valence-electron chi connectivity index (χ4n) is 2.64. The van der Waals surface area contributed by atoms with Crippen LogP contribution in [0.15, 0.2) is 34.1 Å². The highest BCUT2D eigenvalue weighted by atomic mass is 79.9. The Morgan fingerprint density at radius 1 is 1.37 bits per heavy atom. The molecular formula is C15H12BrClOS. The minimum absolute atomic E-state index is 0.00692. The molecule has 1 heterocycles. The molecule has 0 saturated heterocycles. The summed E-state index contributed by atoms with van der Waals surface area (Å²) < 4.78 is 0.785. The van der Waals surface area contributed by atoms with E-state index in [0.717, 1.165) is 29.3 Å². The summed E-state index contributed by atoms with van der Waals surface area (Å²) in [6, 6.07) is 7.48. The zero-order chi connectivity index (χ0) is 13.4. The van der Waals surface area contributed by atoms with Gasteiger partial charge in [0.1, 0.15) is 0 Å². The minimum Gasteiger partial charge on any atom is -0.293 e. The van der Waals surface area contributed by atoms with Crippen LogP contribution in [0.3, 0.4) is 0 Å².